The van der Waals surface area contributed by atoms with Crippen molar-refractivity contribution in [3.05, 3.63) is 65.7 Å². The molecule has 3 rings (SSSR count). The molecule has 1 unspecified atom stereocenters. The van der Waals surface area contributed by atoms with E-state index < -0.39 is 0 Å². The Labute approximate surface area is 184 Å². The maximum Gasteiger partial charge on any atom is 0.225 e. The van der Waals surface area contributed by atoms with Gasteiger partial charge in [0, 0.05) is 43.6 Å². The van der Waals surface area contributed by atoms with Crippen LogP contribution < -0.4 is 16.0 Å². The fourth-order valence-corrected chi connectivity index (χ4v) is 3.42. The van der Waals surface area contributed by atoms with Gasteiger partial charge in [-0.1, -0.05) is 62.4 Å². The fraction of sp³-hybridized carbons (Fsp3) is 0.364. The van der Waals surface area contributed by atoms with Crippen LogP contribution in [0.5, 0.6) is 0 Å². The summed E-state index contributed by atoms with van der Waals surface area (Å²) in [6.07, 6.45) is 0.483. The molecule has 1 aliphatic heterocycles. The van der Waals surface area contributed by atoms with Gasteiger partial charge in [0.1, 0.15) is 0 Å². The summed E-state index contributed by atoms with van der Waals surface area (Å²) in [6.45, 7) is 5.85. The Balaban J connectivity index is 0.00000280. The zero-order chi connectivity index (χ0) is 19.3. The van der Waals surface area contributed by atoms with E-state index in [1.807, 2.05) is 24.3 Å². The molecule has 28 heavy (non-hydrogen) atoms. The van der Waals surface area contributed by atoms with Crippen molar-refractivity contribution < 1.29 is 4.79 Å². The van der Waals surface area contributed by atoms with Gasteiger partial charge < -0.3 is 16.0 Å². The highest BCUT2D eigenvalue weighted by molar-refractivity contribution is 14.0. The first-order chi connectivity index (χ1) is 13.0. The fourth-order valence-electron chi connectivity index (χ4n) is 3.42. The number of carbonyl (C=O) groups excluding carboxylic acids is 1. The Hall–Kier alpha value is -2.09. The lowest BCUT2D eigenvalue weighted by atomic mass is 9.85. The molecule has 0 spiro atoms. The van der Waals surface area contributed by atoms with Gasteiger partial charge in [-0.3, -0.25) is 9.79 Å². The molecule has 0 saturated heterocycles. The molecule has 0 bridgehead atoms. The first kappa shape index (κ1) is 22.2. The van der Waals surface area contributed by atoms with E-state index >= 15 is 0 Å². The number of nitrogens with one attached hydrogen (secondary N) is 3. The number of para-hydroxylation sites is 1. The van der Waals surface area contributed by atoms with Crippen LogP contribution in [-0.4, -0.2) is 32.0 Å². The third kappa shape index (κ3) is 5.47. The third-order valence-corrected chi connectivity index (χ3v) is 5.10. The second-order valence-electron chi connectivity index (χ2n) is 7.59. The lowest BCUT2D eigenvalue weighted by molar-refractivity contribution is -0.116. The number of fused-ring (bicyclic) bond motifs is 1. The zero-order valence-corrected chi connectivity index (χ0v) is 19.0. The normalized spacial score (nSPS) is 16.5. The maximum atomic E-state index is 12.0. The Morgan fingerprint density at radius 3 is 2.50 bits per heavy atom. The van der Waals surface area contributed by atoms with Gasteiger partial charge in [0.05, 0.1) is 0 Å². The van der Waals surface area contributed by atoms with Crippen LogP contribution in [0.1, 0.15) is 37.3 Å². The van der Waals surface area contributed by atoms with E-state index in [-0.39, 0.29) is 41.2 Å². The highest BCUT2D eigenvalue weighted by Crippen LogP contribution is 2.31. The van der Waals surface area contributed by atoms with Gasteiger partial charge in [0.2, 0.25) is 5.91 Å². The highest BCUT2D eigenvalue weighted by atomic mass is 127. The van der Waals surface area contributed by atoms with Gasteiger partial charge in [-0.25, -0.2) is 0 Å². The summed E-state index contributed by atoms with van der Waals surface area (Å²) in [5.41, 5.74) is 3.35. The van der Waals surface area contributed by atoms with Gasteiger partial charge in [-0.2, -0.15) is 0 Å². The highest BCUT2D eigenvalue weighted by Gasteiger charge is 2.25. The summed E-state index contributed by atoms with van der Waals surface area (Å²) in [4.78, 5) is 16.3. The molecule has 2 aromatic rings. The predicted octanol–water partition coefficient (Wildman–Crippen LogP) is 3.87. The van der Waals surface area contributed by atoms with E-state index in [2.05, 4.69) is 65.1 Å². The molecule has 6 heteroatoms. The van der Waals surface area contributed by atoms with Crippen molar-refractivity contribution in [2.75, 3.05) is 25.5 Å². The monoisotopic (exact) mass is 492 g/mol. The van der Waals surface area contributed by atoms with Gasteiger partial charge >= 0.3 is 0 Å². The zero-order valence-electron chi connectivity index (χ0n) is 16.7. The average Bonchev–Trinajstić information content (AvgIpc) is 2.68. The number of rotatable bonds is 5. The van der Waals surface area contributed by atoms with Crippen LogP contribution in [0.3, 0.4) is 0 Å². The number of anilines is 1. The summed E-state index contributed by atoms with van der Waals surface area (Å²) in [7, 11) is 1.77. The van der Waals surface area contributed by atoms with E-state index in [1.165, 1.54) is 11.1 Å². The minimum Gasteiger partial charge on any atom is -0.356 e. The van der Waals surface area contributed by atoms with Crippen molar-refractivity contribution in [1.82, 2.24) is 10.6 Å². The molecule has 0 aliphatic carbocycles. The van der Waals surface area contributed by atoms with Gasteiger partial charge in [-0.05, 0) is 17.2 Å². The lowest BCUT2D eigenvalue weighted by Gasteiger charge is -2.28. The number of halogens is 1. The van der Waals surface area contributed by atoms with E-state index in [0.717, 1.165) is 18.2 Å². The number of amides is 1. The van der Waals surface area contributed by atoms with Crippen LogP contribution >= 0.6 is 24.0 Å². The minimum atomic E-state index is -0.0177. The summed E-state index contributed by atoms with van der Waals surface area (Å²) >= 11 is 0. The van der Waals surface area contributed by atoms with Crippen molar-refractivity contribution in [3.63, 3.8) is 0 Å². The first-order valence-electron chi connectivity index (χ1n) is 9.38. The molecule has 5 nitrogen and oxygen atoms in total. The summed E-state index contributed by atoms with van der Waals surface area (Å²) in [5, 5.41) is 9.75. The van der Waals surface area contributed by atoms with Gasteiger partial charge in [-0.15, -0.1) is 24.0 Å². The van der Waals surface area contributed by atoms with Crippen LogP contribution in [0.4, 0.5) is 5.69 Å². The van der Waals surface area contributed by atoms with Gasteiger partial charge in [0.15, 0.2) is 5.96 Å². The van der Waals surface area contributed by atoms with E-state index in [1.54, 1.807) is 7.05 Å². The molecule has 1 heterocycles. The van der Waals surface area contributed by atoms with Gasteiger partial charge in [0.25, 0.3) is 0 Å². The Morgan fingerprint density at radius 1 is 1.11 bits per heavy atom. The largest absolute Gasteiger partial charge is 0.356 e. The molecule has 0 radical (unpaired) electrons. The van der Waals surface area contributed by atoms with Crippen LogP contribution in [0.2, 0.25) is 0 Å². The van der Waals surface area contributed by atoms with Crippen molar-refractivity contribution in [2.24, 2.45) is 4.99 Å². The predicted molar refractivity (Wildman–Crippen MR) is 127 cm³/mol. The van der Waals surface area contributed by atoms with Crippen molar-refractivity contribution in [2.45, 2.75) is 31.6 Å². The molecule has 0 saturated carbocycles. The summed E-state index contributed by atoms with van der Waals surface area (Å²) < 4.78 is 0. The average molecular weight is 492 g/mol. The van der Waals surface area contributed by atoms with E-state index in [9.17, 15) is 4.79 Å². The second kappa shape index (κ2) is 9.91. The number of aliphatic imine (C=N–C) groups is 1. The maximum absolute atomic E-state index is 12.0. The van der Waals surface area contributed by atoms with Crippen molar-refractivity contribution in [3.8, 4) is 0 Å². The Kier molecular flexibility index (Phi) is 7.86. The summed E-state index contributed by atoms with van der Waals surface area (Å²) in [5.74, 6) is 0.951. The van der Waals surface area contributed by atoms with E-state index in [0.29, 0.717) is 13.0 Å². The topological polar surface area (TPSA) is 65.5 Å². The number of benzene rings is 2. The van der Waals surface area contributed by atoms with Crippen LogP contribution in [0.15, 0.2) is 59.6 Å². The Morgan fingerprint density at radius 2 is 1.79 bits per heavy atom. The molecule has 150 valence electrons. The summed E-state index contributed by atoms with van der Waals surface area (Å²) in [6, 6.07) is 18.5. The molecule has 0 fully saturated rings. The molecule has 0 aromatic heterocycles. The molecular weight excluding hydrogens is 463 g/mol. The molecule has 1 amide bonds. The van der Waals surface area contributed by atoms with Crippen LogP contribution in [0, 0.1) is 0 Å². The molecule has 2 aromatic carbocycles. The number of hydrogen-bond donors (Lipinski definition) is 3. The molecular formula is C22H29IN4O. The smallest absolute Gasteiger partial charge is 0.225 e. The number of nitrogens with zero attached hydrogens (tertiary/aromatic N) is 1. The Bertz CT molecular complexity index is 820. The third-order valence-electron chi connectivity index (χ3n) is 5.10. The van der Waals surface area contributed by atoms with E-state index in [4.69, 9.17) is 0 Å². The number of carbonyl (C=O) groups is 1. The van der Waals surface area contributed by atoms with Crippen LogP contribution in [-0.2, 0) is 10.2 Å². The standard InChI is InChI=1S/C22H28N4O.HI/c1-22(2,17-9-5-4-6-10-17)15-25-21(23-3)24-14-16-13-20(27)26-19-12-8-7-11-18(16)19;/h4-12,16H,13-15H2,1-3H3,(H,26,27)(H2,23,24,25);1H. The van der Waals surface area contributed by atoms with Crippen LogP contribution in [0.25, 0.3) is 0 Å². The molecule has 1 aliphatic rings. The second-order valence-corrected chi connectivity index (χ2v) is 7.59. The van der Waals surface area contributed by atoms with Crippen molar-refractivity contribution >= 4 is 41.5 Å². The number of hydrogen-bond acceptors (Lipinski definition) is 2. The quantitative estimate of drug-likeness (QED) is 0.337. The first-order valence-corrected chi connectivity index (χ1v) is 9.38. The van der Waals surface area contributed by atoms with Crippen molar-refractivity contribution in [1.29, 1.82) is 0 Å². The minimum absolute atomic E-state index is 0. The lowest BCUT2D eigenvalue weighted by Crippen LogP contribution is -2.45. The molecule has 3 N–H and O–H groups in total. The number of guanidine groups is 1. The molecule has 1 atom stereocenters. The SMILES string of the molecule is CN=C(NCC1CC(=O)Nc2ccccc21)NCC(C)(C)c1ccccc1.I.